The lowest BCUT2D eigenvalue weighted by molar-refractivity contribution is -0.142. The van der Waals surface area contributed by atoms with Gasteiger partial charge < -0.3 is 0 Å². The van der Waals surface area contributed by atoms with Gasteiger partial charge in [-0.1, -0.05) is 20.8 Å². The van der Waals surface area contributed by atoms with Gasteiger partial charge in [0.25, 0.3) is 0 Å². The first-order chi connectivity index (χ1) is 8.71. The SMILES string of the molecule is Cc1c(C(F)(F)F)nn(C2CCC(C)C2)c1C(C)C. The van der Waals surface area contributed by atoms with Crippen molar-refractivity contribution in [3.8, 4) is 0 Å². The van der Waals surface area contributed by atoms with Crippen molar-refractivity contribution in [2.24, 2.45) is 5.92 Å². The van der Waals surface area contributed by atoms with Gasteiger partial charge in [0.1, 0.15) is 0 Å². The van der Waals surface area contributed by atoms with Gasteiger partial charge in [0.05, 0.1) is 6.04 Å². The van der Waals surface area contributed by atoms with Crippen molar-refractivity contribution < 1.29 is 13.2 Å². The minimum absolute atomic E-state index is 0.0551. The molecule has 108 valence electrons. The second kappa shape index (κ2) is 4.84. The number of hydrogen-bond donors (Lipinski definition) is 0. The fraction of sp³-hybridized carbons (Fsp3) is 0.786. The van der Waals surface area contributed by atoms with Crippen molar-refractivity contribution >= 4 is 0 Å². The van der Waals surface area contributed by atoms with Crippen LogP contribution in [-0.2, 0) is 6.18 Å². The quantitative estimate of drug-likeness (QED) is 0.764. The lowest BCUT2D eigenvalue weighted by Gasteiger charge is -2.17. The summed E-state index contributed by atoms with van der Waals surface area (Å²) in [4.78, 5) is 0. The van der Waals surface area contributed by atoms with Crippen LogP contribution in [0, 0.1) is 12.8 Å². The molecule has 5 heteroatoms. The Morgan fingerprint density at radius 1 is 1.26 bits per heavy atom. The molecule has 1 aliphatic carbocycles. The summed E-state index contributed by atoms with van der Waals surface area (Å²) in [6, 6.07) is 0.127. The molecule has 0 amide bonds. The van der Waals surface area contributed by atoms with E-state index in [9.17, 15) is 13.2 Å². The zero-order valence-electron chi connectivity index (χ0n) is 11.9. The largest absolute Gasteiger partial charge is 0.435 e. The number of alkyl halides is 3. The first-order valence-corrected chi connectivity index (χ1v) is 6.88. The highest BCUT2D eigenvalue weighted by Crippen LogP contribution is 2.40. The second-order valence-electron chi connectivity index (χ2n) is 6.03. The first kappa shape index (κ1) is 14.4. The Labute approximate surface area is 112 Å². The van der Waals surface area contributed by atoms with Gasteiger partial charge in [-0.05, 0) is 38.0 Å². The molecule has 1 aromatic heterocycles. The summed E-state index contributed by atoms with van der Waals surface area (Å²) in [5.74, 6) is 0.628. The molecule has 1 aromatic rings. The highest BCUT2D eigenvalue weighted by atomic mass is 19.4. The lowest BCUT2D eigenvalue weighted by Crippen LogP contribution is -2.13. The first-order valence-electron chi connectivity index (χ1n) is 6.88. The number of halogens is 3. The van der Waals surface area contributed by atoms with Gasteiger partial charge in [0.2, 0.25) is 0 Å². The van der Waals surface area contributed by atoms with Crippen LogP contribution < -0.4 is 0 Å². The predicted octanol–water partition coefficient (Wildman–Crippen LogP) is 4.69. The van der Waals surface area contributed by atoms with Crippen LogP contribution in [-0.4, -0.2) is 9.78 Å². The molecule has 0 spiro atoms. The van der Waals surface area contributed by atoms with E-state index in [-0.39, 0.29) is 12.0 Å². The summed E-state index contributed by atoms with van der Waals surface area (Å²) < 4.78 is 40.6. The normalized spacial score (nSPS) is 24.4. The molecular weight excluding hydrogens is 253 g/mol. The van der Waals surface area contributed by atoms with Crippen LogP contribution in [0.1, 0.15) is 68.9 Å². The Kier molecular flexibility index (Phi) is 3.67. The van der Waals surface area contributed by atoms with Gasteiger partial charge >= 0.3 is 6.18 Å². The van der Waals surface area contributed by atoms with Gasteiger partial charge in [-0.15, -0.1) is 0 Å². The van der Waals surface area contributed by atoms with Crippen molar-refractivity contribution in [2.45, 2.75) is 65.1 Å². The maximum atomic E-state index is 13.0. The van der Waals surface area contributed by atoms with Crippen molar-refractivity contribution in [1.29, 1.82) is 0 Å². The van der Waals surface area contributed by atoms with E-state index in [1.807, 2.05) is 13.8 Å². The molecule has 19 heavy (non-hydrogen) atoms. The van der Waals surface area contributed by atoms with Crippen LogP contribution in [0.4, 0.5) is 13.2 Å². The van der Waals surface area contributed by atoms with E-state index >= 15 is 0 Å². The summed E-state index contributed by atoms with van der Waals surface area (Å²) in [6.45, 7) is 7.55. The fourth-order valence-electron chi connectivity index (χ4n) is 3.17. The van der Waals surface area contributed by atoms with Gasteiger partial charge in [0.15, 0.2) is 5.69 Å². The zero-order valence-corrected chi connectivity index (χ0v) is 11.9. The number of aromatic nitrogens is 2. The molecule has 0 saturated heterocycles. The summed E-state index contributed by atoms with van der Waals surface area (Å²) in [6.07, 6.45) is -1.43. The van der Waals surface area contributed by atoms with E-state index in [1.165, 1.54) is 0 Å². The van der Waals surface area contributed by atoms with Gasteiger partial charge in [-0.2, -0.15) is 18.3 Å². The van der Waals surface area contributed by atoms with Crippen molar-refractivity contribution in [3.05, 3.63) is 17.0 Å². The van der Waals surface area contributed by atoms with E-state index < -0.39 is 11.9 Å². The van der Waals surface area contributed by atoms with E-state index in [2.05, 4.69) is 12.0 Å². The Hall–Kier alpha value is -1.00. The average Bonchev–Trinajstić information content (AvgIpc) is 2.80. The molecule has 0 aromatic carbocycles. The summed E-state index contributed by atoms with van der Waals surface area (Å²) in [7, 11) is 0. The van der Waals surface area contributed by atoms with E-state index in [1.54, 1.807) is 11.6 Å². The van der Waals surface area contributed by atoms with Crippen LogP contribution in [0.5, 0.6) is 0 Å². The Bertz CT molecular complexity index is 460. The molecule has 2 atom stereocenters. The fourth-order valence-corrected chi connectivity index (χ4v) is 3.17. The van der Waals surface area contributed by atoms with Gasteiger partial charge in [-0.25, -0.2) is 0 Å². The average molecular weight is 274 g/mol. The number of rotatable bonds is 2. The van der Waals surface area contributed by atoms with Crippen molar-refractivity contribution in [1.82, 2.24) is 9.78 Å². The standard InChI is InChI=1S/C14H21F3N2/c1-8(2)12-10(4)13(14(15,16)17)18-19(12)11-6-5-9(3)7-11/h8-9,11H,5-7H2,1-4H3. The summed E-state index contributed by atoms with van der Waals surface area (Å²) in [5.41, 5.74) is 0.323. The van der Waals surface area contributed by atoms with Crippen LogP contribution in [0.2, 0.25) is 0 Å². The zero-order chi connectivity index (χ0) is 14.4. The topological polar surface area (TPSA) is 17.8 Å². The summed E-state index contributed by atoms with van der Waals surface area (Å²) in [5, 5.41) is 3.91. The third kappa shape index (κ3) is 2.65. The monoisotopic (exact) mass is 274 g/mol. The number of hydrogen-bond acceptors (Lipinski definition) is 1. The Balaban J connectivity index is 2.48. The van der Waals surface area contributed by atoms with Crippen LogP contribution >= 0.6 is 0 Å². The molecule has 0 radical (unpaired) electrons. The van der Waals surface area contributed by atoms with Crippen molar-refractivity contribution in [2.75, 3.05) is 0 Å². The molecule has 1 heterocycles. The molecule has 2 unspecified atom stereocenters. The minimum atomic E-state index is -4.36. The number of nitrogens with zero attached hydrogens (tertiary/aromatic N) is 2. The molecule has 1 saturated carbocycles. The second-order valence-corrected chi connectivity index (χ2v) is 6.03. The van der Waals surface area contributed by atoms with Gasteiger partial charge in [0, 0.05) is 11.3 Å². The highest BCUT2D eigenvalue weighted by Gasteiger charge is 2.39. The third-order valence-corrected chi connectivity index (χ3v) is 4.02. The Morgan fingerprint density at radius 3 is 2.32 bits per heavy atom. The maximum absolute atomic E-state index is 13.0. The molecule has 0 aliphatic heterocycles. The molecule has 1 aliphatic rings. The van der Waals surface area contributed by atoms with Crippen LogP contribution in [0.3, 0.4) is 0 Å². The predicted molar refractivity (Wildman–Crippen MR) is 68.1 cm³/mol. The molecule has 0 N–H and O–H groups in total. The minimum Gasteiger partial charge on any atom is -0.265 e. The van der Waals surface area contributed by atoms with E-state index in [4.69, 9.17) is 0 Å². The third-order valence-electron chi connectivity index (χ3n) is 4.02. The maximum Gasteiger partial charge on any atom is 0.435 e. The van der Waals surface area contributed by atoms with E-state index in [0.717, 1.165) is 25.0 Å². The summed E-state index contributed by atoms with van der Waals surface area (Å²) >= 11 is 0. The highest BCUT2D eigenvalue weighted by molar-refractivity contribution is 5.29. The lowest BCUT2D eigenvalue weighted by atomic mass is 10.0. The molecule has 1 fully saturated rings. The van der Waals surface area contributed by atoms with Crippen LogP contribution in [0.25, 0.3) is 0 Å². The smallest absolute Gasteiger partial charge is 0.265 e. The van der Waals surface area contributed by atoms with E-state index in [0.29, 0.717) is 11.5 Å². The molecule has 0 bridgehead atoms. The molecule has 2 nitrogen and oxygen atoms in total. The molecular formula is C14H21F3N2. The molecule has 2 rings (SSSR count). The van der Waals surface area contributed by atoms with Crippen LogP contribution in [0.15, 0.2) is 0 Å². The Morgan fingerprint density at radius 2 is 1.89 bits per heavy atom. The van der Waals surface area contributed by atoms with Gasteiger partial charge in [-0.3, -0.25) is 4.68 Å². The van der Waals surface area contributed by atoms with Crippen molar-refractivity contribution in [3.63, 3.8) is 0 Å².